The topological polar surface area (TPSA) is 158 Å². The lowest BCUT2D eigenvalue weighted by Crippen LogP contribution is -2.63. The second-order valence-electron chi connectivity index (χ2n) is 22.3. The summed E-state index contributed by atoms with van der Waals surface area (Å²) in [5.74, 6) is 1.28. The van der Waals surface area contributed by atoms with Crippen LogP contribution in [0.4, 0.5) is 13.2 Å². The van der Waals surface area contributed by atoms with Gasteiger partial charge in [0.15, 0.2) is 0 Å². The summed E-state index contributed by atoms with van der Waals surface area (Å²) >= 11 is 0. The van der Waals surface area contributed by atoms with Gasteiger partial charge in [-0.25, -0.2) is 0 Å². The second kappa shape index (κ2) is 19.4. The maximum Gasteiger partial charge on any atom is 0.395 e. The summed E-state index contributed by atoms with van der Waals surface area (Å²) in [5.41, 5.74) is 24.0. The Kier molecular flexibility index (Phi) is 17.2. The number of halogens is 3. The van der Waals surface area contributed by atoms with Gasteiger partial charge in [-0.05, 0) is 152 Å². The summed E-state index contributed by atoms with van der Waals surface area (Å²) in [7, 11) is 0. The van der Waals surface area contributed by atoms with Crippen LogP contribution in [-0.2, 0) is 0 Å². The predicted molar refractivity (Wildman–Crippen MR) is 225 cm³/mol. The van der Waals surface area contributed by atoms with E-state index >= 15 is 0 Å². The van der Waals surface area contributed by atoms with Crippen LogP contribution < -0.4 is 22.9 Å². The van der Waals surface area contributed by atoms with Crippen LogP contribution in [0.1, 0.15) is 128 Å². The van der Waals surface area contributed by atoms with E-state index in [1.54, 1.807) is 4.90 Å². The van der Waals surface area contributed by atoms with E-state index in [0.717, 1.165) is 43.9 Å². The van der Waals surface area contributed by atoms with E-state index in [1.165, 1.54) is 58.0 Å². The fraction of sp³-hybridized carbons (Fsp3) is 1.00. The molecule has 0 aromatic carbocycles. The number of hydrogen-bond acceptors (Lipinski definition) is 10. The zero-order chi connectivity index (χ0) is 42.8. The molecule has 0 aromatic heterocycles. The summed E-state index contributed by atoms with van der Waals surface area (Å²) in [6.45, 7) is 32.5. The minimum absolute atomic E-state index is 0.0661. The highest BCUT2D eigenvalue weighted by Gasteiger charge is 2.51. The maximum atomic E-state index is 12.7. The fourth-order valence-corrected chi connectivity index (χ4v) is 8.80. The largest absolute Gasteiger partial charge is 0.395 e. The summed E-state index contributed by atoms with van der Waals surface area (Å²) in [4.78, 5) is 9.14. The molecule has 0 aromatic rings. The molecule has 6 aliphatic rings. The van der Waals surface area contributed by atoms with Gasteiger partial charge in [0.2, 0.25) is 0 Å². The van der Waals surface area contributed by atoms with E-state index < -0.39 is 24.2 Å². The molecule has 6 rings (SSSR count). The molecule has 0 amide bonds. The van der Waals surface area contributed by atoms with Crippen LogP contribution >= 0.6 is 0 Å². The number of piperidine rings is 4. The van der Waals surface area contributed by atoms with Crippen LogP contribution in [0.3, 0.4) is 0 Å². The normalized spacial score (nSPS) is 35.0. The van der Waals surface area contributed by atoms with Crippen LogP contribution in [0.15, 0.2) is 0 Å². The highest BCUT2D eigenvalue weighted by Crippen LogP contribution is 2.43. The van der Waals surface area contributed by atoms with Crippen LogP contribution in [0.25, 0.3) is 0 Å². The molecule has 9 atom stereocenters. The van der Waals surface area contributed by atoms with E-state index in [2.05, 4.69) is 77.0 Å². The van der Waals surface area contributed by atoms with Crippen LogP contribution in [-0.4, -0.2) is 147 Å². The molecule has 10 N–H and O–H groups in total. The number of hydrogen-bond donors (Lipinski definition) is 6. The van der Waals surface area contributed by atoms with Crippen molar-refractivity contribution in [1.29, 1.82) is 0 Å². The molecule has 0 spiro atoms. The van der Waals surface area contributed by atoms with Gasteiger partial charge in [0, 0.05) is 98.1 Å². The Morgan fingerprint density at radius 3 is 1.30 bits per heavy atom. The maximum absolute atomic E-state index is 12.7. The van der Waals surface area contributed by atoms with Gasteiger partial charge in [-0.15, -0.1) is 0 Å². The van der Waals surface area contributed by atoms with Crippen molar-refractivity contribution in [2.75, 3.05) is 52.4 Å². The molecule has 4 heterocycles. The van der Waals surface area contributed by atoms with E-state index in [-0.39, 0.29) is 36.3 Å². The van der Waals surface area contributed by atoms with Crippen molar-refractivity contribution in [2.24, 2.45) is 52.5 Å². The Balaban J connectivity index is 0.000000202. The zero-order valence-electron chi connectivity index (χ0n) is 37.6. The number of likely N-dealkylation sites (tertiary alicyclic amines) is 4. The van der Waals surface area contributed by atoms with Gasteiger partial charge in [-0.2, -0.15) is 13.2 Å². The van der Waals surface area contributed by atoms with Gasteiger partial charge in [0.05, 0.1) is 18.1 Å². The number of nitrogens with two attached hydrogens (primary N) is 4. The third-order valence-corrected chi connectivity index (χ3v) is 13.1. The number of aliphatic hydroxyl groups excluding tert-OH is 2. The van der Waals surface area contributed by atoms with Gasteiger partial charge in [-0.1, -0.05) is 0 Å². The van der Waals surface area contributed by atoms with Crippen LogP contribution in [0.2, 0.25) is 0 Å². The number of aliphatic hydroxyl groups is 2. The number of rotatable bonds is 2. The quantitative estimate of drug-likeness (QED) is 0.229. The zero-order valence-corrected chi connectivity index (χ0v) is 37.6. The lowest BCUT2D eigenvalue weighted by Gasteiger charge is -2.46. The van der Waals surface area contributed by atoms with Gasteiger partial charge < -0.3 is 33.1 Å². The molecular weight excluding hydrogens is 718 g/mol. The standard InChI is InChI=1S/C12H24N2O.C12H24N2.C10H19F3N2O.C9H20N2/c1-12(2,3)14-6-9(8-4-5-8)11(15)10(13)7-14;1-12(2,3)14-7-10(9-4-5-9)6-11(13)8-14;1-9(2,3)15-4-6(10(11,12)13)8(16)7(14)5-15;1-9(2,3)11-6-4-5-8(10)7-11/h8-11,15H,4-7,13H2,1-3H3;9-11H,4-8,13H2,1-3H3;6-8,16H,4-5,14H2,1-3H3;8H,4-7,10H2,1-3H3. The molecule has 4 aliphatic heterocycles. The Morgan fingerprint density at radius 1 is 0.464 bits per heavy atom. The molecule has 9 unspecified atom stereocenters. The first-order chi connectivity index (χ1) is 25.4. The summed E-state index contributed by atoms with van der Waals surface area (Å²) in [5, 5.41) is 19.6. The minimum atomic E-state index is -4.40. The highest BCUT2D eigenvalue weighted by molar-refractivity contribution is 4.99. The van der Waals surface area contributed by atoms with E-state index in [0.29, 0.717) is 29.1 Å². The fourth-order valence-electron chi connectivity index (χ4n) is 8.80. The van der Waals surface area contributed by atoms with Crippen molar-refractivity contribution in [3.63, 3.8) is 0 Å². The Bertz CT molecular complexity index is 1170. The number of alkyl halides is 3. The molecule has 332 valence electrons. The lowest BCUT2D eigenvalue weighted by atomic mass is 9.85. The lowest BCUT2D eigenvalue weighted by molar-refractivity contribution is -0.220. The molecular formula is C43H87F3N8O2. The van der Waals surface area contributed by atoms with Crippen molar-refractivity contribution < 1.29 is 23.4 Å². The van der Waals surface area contributed by atoms with E-state index in [4.69, 9.17) is 22.9 Å². The first kappa shape index (κ1) is 49.8. The Hall–Kier alpha value is -0.610. The SMILES string of the molecule is CC(C)(C)N1CC(N)C(O)C(C(F)(F)F)C1.CC(C)(C)N1CC(N)C(O)C(C2CC2)C1.CC(C)(C)N1CC(N)CC(C2CC2)C1.CC(C)(C)N1CCCC(N)C1. The molecule has 4 saturated heterocycles. The second-order valence-corrected chi connectivity index (χ2v) is 22.3. The molecule has 13 heteroatoms. The van der Waals surface area contributed by atoms with Crippen LogP contribution in [0, 0.1) is 29.6 Å². The molecule has 2 aliphatic carbocycles. The summed E-state index contributed by atoms with van der Waals surface area (Å²) in [6, 6.07) is -0.0975. The molecule has 10 nitrogen and oxygen atoms in total. The summed E-state index contributed by atoms with van der Waals surface area (Å²) < 4.78 is 38.1. The van der Waals surface area contributed by atoms with Crippen molar-refractivity contribution in [3.05, 3.63) is 0 Å². The van der Waals surface area contributed by atoms with Crippen molar-refractivity contribution >= 4 is 0 Å². The minimum Gasteiger partial charge on any atom is -0.391 e. The van der Waals surface area contributed by atoms with E-state index in [1.807, 2.05) is 20.8 Å². The van der Waals surface area contributed by atoms with Crippen LogP contribution in [0.5, 0.6) is 0 Å². The number of nitrogens with zero attached hydrogens (tertiary/aromatic N) is 4. The van der Waals surface area contributed by atoms with Crippen molar-refractivity contribution in [3.8, 4) is 0 Å². The smallest absolute Gasteiger partial charge is 0.391 e. The van der Waals surface area contributed by atoms with Gasteiger partial charge in [0.25, 0.3) is 0 Å². The molecule has 6 fully saturated rings. The van der Waals surface area contributed by atoms with Gasteiger partial charge in [-0.3, -0.25) is 19.6 Å². The van der Waals surface area contributed by atoms with E-state index in [9.17, 15) is 23.4 Å². The molecule has 56 heavy (non-hydrogen) atoms. The first-order valence-corrected chi connectivity index (χ1v) is 21.8. The van der Waals surface area contributed by atoms with Gasteiger partial charge >= 0.3 is 6.18 Å². The average molecular weight is 805 g/mol. The third-order valence-electron chi connectivity index (χ3n) is 13.1. The molecule has 0 bridgehead atoms. The third kappa shape index (κ3) is 15.4. The summed E-state index contributed by atoms with van der Waals surface area (Å²) in [6.07, 6.45) is 3.02. The molecule has 0 radical (unpaired) electrons. The Labute approximate surface area is 340 Å². The monoisotopic (exact) mass is 805 g/mol. The molecule has 2 saturated carbocycles. The highest BCUT2D eigenvalue weighted by atomic mass is 19.4. The van der Waals surface area contributed by atoms with Crippen molar-refractivity contribution in [1.82, 2.24) is 19.6 Å². The first-order valence-electron chi connectivity index (χ1n) is 21.8. The Morgan fingerprint density at radius 2 is 0.893 bits per heavy atom. The predicted octanol–water partition coefficient (Wildman–Crippen LogP) is 4.83. The average Bonchev–Trinajstić information content (AvgIpc) is 3.96. The van der Waals surface area contributed by atoms with Crippen molar-refractivity contribution in [2.45, 2.75) is 193 Å². The van der Waals surface area contributed by atoms with Gasteiger partial charge in [0.1, 0.15) is 0 Å².